The minimum atomic E-state index is -2.68. The molecular formula is C21H19F2N3O2. The number of hydrogen-bond donors (Lipinski definition) is 0. The van der Waals surface area contributed by atoms with E-state index in [0.717, 1.165) is 24.0 Å². The van der Waals surface area contributed by atoms with Crippen molar-refractivity contribution < 1.29 is 18.1 Å². The van der Waals surface area contributed by atoms with Crippen LogP contribution in [-0.4, -0.2) is 20.9 Å². The van der Waals surface area contributed by atoms with Gasteiger partial charge in [-0.15, -0.1) is 0 Å². The van der Waals surface area contributed by atoms with Crippen LogP contribution in [0.4, 0.5) is 8.78 Å². The summed E-state index contributed by atoms with van der Waals surface area (Å²) >= 11 is 0. The van der Waals surface area contributed by atoms with Gasteiger partial charge in [0.05, 0.1) is 0 Å². The number of benzene rings is 1. The van der Waals surface area contributed by atoms with Crippen molar-refractivity contribution in [2.45, 2.75) is 45.0 Å². The van der Waals surface area contributed by atoms with Gasteiger partial charge < -0.3 is 4.52 Å². The molecule has 0 amide bonds. The zero-order valence-corrected chi connectivity index (χ0v) is 15.4. The lowest BCUT2D eigenvalue weighted by Gasteiger charge is -2.11. The van der Waals surface area contributed by atoms with Crippen LogP contribution in [0.25, 0.3) is 11.4 Å². The molecule has 5 nitrogen and oxygen atoms in total. The highest BCUT2D eigenvalue weighted by atomic mass is 19.3. The summed E-state index contributed by atoms with van der Waals surface area (Å²) < 4.78 is 30.8. The van der Waals surface area contributed by atoms with E-state index in [1.54, 1.807) is 0 Å². The van der Waals surface area contributed by atoms with Gasteiger partial charge in [-0.2, -0.15) is 4.98 Å². The predicted octanol–water partition coefficient (Wildman–Crippen LogP) is 4.93. The van der Waals surface area contributed by atoms with Gasteiger partial charge in [0, 0.05) is 30.2 Å². The topological polar surface area (TPSA) is 68.9 Å². The quantitative estimate of drug-likeness (QED) is 0.564. The molecule has 4 rings (SSSR count). The lowest BCUT2D eigenvalue weighted by atomic mass is 9.92. The third-order valence-corrected chi connectivity index (χ3v) is 5.13. The molecule has 0 bridgehead atoms. The van der Waals surface area contributed by atoms with Gasteiger partial charge >= 0.3 is 0 Å². The number of aryl methyl sites for hydroxylation is 2. The number of aromatic nitrogens is 3. The molecule has 0 spiro atoms. The first-order valence-corrected chi connectivity index (χ1v) is 9.28. The average molecular weight is 383 g/mol. The Morgan fingerprint density at radius 1 is 1.29 bits per heavy atom. The number of halogens is 2. The molecule has 2 aromatic heterocycles. The molecular weight excluding hydrogens is 364 g/mol. The normalized spacial score (nSPS) is 15.8. The van der Waals surface area contributed by atoms with Crippen molar-refractivity contribution >= 4 is 5.78 Å². The second-order valence-corrected chi connectivity index (χ2v) is 6.91. The molecule has 1 atom stereocenters. The number of carbonyl (C=O) groups is 1. The maximum Gasteiger partial charge on any atom is 0.280 e. The molecule has 0 aliphatic heterocycles. The van der Waals surface area contributed by atoms with Gasteiger partial charge in [0.1, 0.15) is 5.69 Å². The monoisotopic (exact) mass is 383 g/mol. The van der Waals surface area contributed by atoms with Crippen LogP contribution in [0.2, 0.25) is 0 Å². The van der Waals surface area contributed by atoms with Gasteiger partial charge in [-0.25, -0.2) is 8.78 Å². The average Bonchev–Trinajstić information content (AvgIpc) is 3.35. The van der Waals surface area contributed by atoms with E-state index in [9.17, 15) is 13.6 Å². The van der Waals surface area contributed by atoms with E-state index in [1.165, 1.54) is 23.9 Å². The van der Waals surface area contributed by atoms with Gasteiger partial charge in [0.25, 0.3) is 6.43 Å². The molecule has 0 N–H and O–H groups in total. The molecule has 0 fully saturated rings. The fourth-order valence-corrected chi connectivity index (χ4v) is 3.66. The highest BCUT2D eigenvalue weighted by Crippen LogP contribution is 2.38. The molecule has 0 saturated heterocycles. The Bertz CT molecular complexity index is 1020. The fourth-order valence-electron chi connectivity index (χ4n) is 3.66. The standard InChI is InChI=1S/C21H19F2N3O2/c1-2-19-25-21(26-28-19)15-5-6-16-12(9-15)3-4-13(16)11-18(27)14-7-8-24-17(10-14)20(22)23/h5-10,13,20H,2-4,11H2,1H3/t13-/m0/s1. The summed E-state index contributed by atoms with van der Waals surface area (Å²) in [5.74, 6) is 1.10. The van der Waals surface area contributed by atoms with Crippen LogP contribution < -0.4 is 0 Å². The number of ketones is 1. The van der Waals surface area contributed by atoms with Crippen LogP contribution in [-0.2, 0) is 12.8 Å². The van der Waals surface area contributed by atoms with Gasteiger partial charge in [0.15, 0.2) is 5.78 Å². The largest absolute Gasteiger partial charge is 0.339 e. The summed E-state index contributed by atoms with van der Waals surface area (Å²) in [6.45, 7) is 1.95. The third-order valence-electron chi connectivity index (χ3n) is 5.13. The summed E-state index contributed by atoms with van der Waals surface area (Å²) in [4.78, 5) is 20.6. The maximum atomic E-state index is 12.8. The zero-order chi connectivity index (χ0) is 19.7. The number of fused-ring (bicyclic) bond motifs is 1. The van der Waals surface area contributed by atoms with E-state index >= 15 is 0 Å². The van der Waals surface area contributed by atoms with E-state index in [0.29, 0.717) is 24.6 Å². The van der Waals surface area contributed by atoms with Crippen LogP contribution in [0.3, 0.4) is 0 Å². The smallest absolute Gasteiger partial charge is 0.280 e. The Hall–Kier alpha value is -2.96. The lowest BCUT2D eigenvalue weighted by molar-refractivity contribution is 0.0972. The number of rotatable bonds is 6. The Morgan fingerprint density at radius 3 is 2.89 bits per heavy atom. The summed E-state index contributed by atoms with van der Waals surface area (Å²) in [7, 11) is 0. The first kappa shape index (κ1) is 18.4. The first-order valence-electron chi connectivity index (χ1n) is 9.28. The Morgan fingerprint density at radius 2 is 2.14 bits per heavy atom. The molecule has 1 aromatic carbocycles. The van der Waals surface area contributed by atoms with Crippen LogP contribution in [0.1, 0.15) is 65.2 Å². The van der Waals surface area contributed by atoms with Crippen LogP contribution in [0.15, 0.2) is 41.1 Å². The molecule has 3 aromatic rings. The highest BCUT2D eigenvalue weighted by molar-refractivity contribution is 5.96. The zero-order valence-electron chi connectivity index (χ0n) is 15.4. The van der Waals surface area contributed by atoms with Crippen molar-refractivity contribution in [3.05, 3.63) is 64.8 Å². The van der Waals surface area contributed by atoms with Crippen molar-refractivity contribution in [2.75, 3.05) is 0 Å². The third kappa shape index (κ3) is 3.56. The van der Waals surface area contributed by atoms with Gasteiger partial charge in [-0.05, 0) is 48.1 Å². The first-order chi connectivity index (χ1) is 13.5. The van der Waals surface area contributed by atoms with Gasteiger partial charge in [0.2, 0.25) is 11.7 Å². The molecule has 2 heterocycles. The molecule has 28 heavy (non-hydrogen) atoms. The Balaban J connectivity index is 1.52. The van der Waals surface area contributed by atoms with E-state index in [2.05, 4.69) is 15.1 Å². The number of nitrogens with zero attached hydrogens (tertiary/aromatic N) is 3. The summed E-state index contributed by atoms with van der Waals surface area (Å²) in [6, 6.07) is 8.68. The van der Waals surface area contributed by atoms with Crippen molar-refractivity contribution in [1.82, 2.24) is 15.1 Å². The number of carbonyl (C=O) groups excluding carboxylic acids is 1. The maximum absolute atomic E-state index is 12.8. The molecule has 0 unspecified atom stereocenters. The van der Waals surface area contributed by atoms with E-state index < -0.39 is 6.43 Å². The van der Waals surface area contributed by atoms with E-state index in [4.69, 9.17) is 4.52 Å². The van der Waals surface area contributed by atoms with E-state index in [1.807, 2.05) is 25.1 Å². The van der Waals surface area contributed by atoms with Crippen molar-refractivity contribution in [2.24, 2.45) is 0 Å². The molecule has 7 heteroatoms. The summed E-state index contributed by atoms with van der Waals surface area (Å²) in [5, 5.41) is 4.00. The predicted molar refractivity (Wildman–Crippen MR) is 98.3 cm³/mol. The van der Waals surface area contributed by atoms with Gasteiger partial charge in [-0.1, -0.05) is 24.2 Å². The minimum absolute atomic E-state index is 0.0798. The molecule has 1 aliphatic carbocycles. The molecule has 0 saturated carbocycles. The van der Waals surface area contributed by atoms with Crippen molar-refractivity contribution in [3.8, 4) is 11.4 Å². The second kappa shape index (κ2) is 7.58. The Labute approximate surface area is 160 Å². The summed E-state index contributed by atoms with van der Waals surface area (Å²) in [5.41, 5.74) is 3.11. The number of pyridine rings is 1. The van der Waals surface area contributed by atoms with Crippen LogP contribution >= 0.6 is 0 Å². The molecule has 1 aliphatic rings. The SMILES string of the molecule is CCc1nc(-c2ccc3c(c2)CC[C@H]3CC(=O)c2ccnc(C(F)F)c2)no1. The number of hydrogen-bond acceptors (Lipinski definition) is 5. The fraction of sp³-hybridized carbons (Fsp3) is 0.333. The van der Waals surface area contributed by atoms with Crippen molar-refractivity contribution in [3.63, 3.8) is 0 Å². The Kier molecular flexibility index (Phi) is 4.98. The highest BCUT2D eigenvalue weighted by Gasteiger charge is 2.26. The minimum Gasteiger partial charge on any atom is -0.339 e. The molecule has 0 radical (unpaired) electrons. The summed E-state index contributed by atoms with van der Waals surface area (Å²) in [6.07, 6.45) is 1.27. The molecule has 144 valence electrons. The lowest BCUT2D eigenvalue weighted by Crippen LogP contribution is -2.06. The van der Waals surface area contributed by atoms with E-state index in [-0.39, 0.29) is 23.0 Å². The number of Topliss-reactive ketones (excluding diaryl/α,β-unsaturated/α-hetero) is 1. The number of alkyl halides is 2. The van der Waals surface area contributed by atoms with Gasteiger partial charge in [-0.3, -0.25) is 9.78 Å². The second-order valence-electron chi connectivity index (χ2n) is 6.91. The van der Waals surface area contributed by atoms with Crippen LogP contribution in [0, 0.1) is 0 Å². The van der Waals surface area contributed by atoms with Crippen LogP contribution in [0.5, 0.6) is 0 Å². The van der Waals surface area contributed by atoms with Crippen molar-refractivity contribution in [1.29, 1.82) is 0 Å².